The van der Waals surface area contributed by atoms with Crippen molar-refractivity contribution in [3.63, 3.8) is 0 Å². The minimum Gasteiger partial charge on any atom is -0.496 e. The van der Waals surface area contributed by atoms with Crippen molar-refractivity contribution in [2.45, 2.75) is 37.4 Å². The summed E-state index contributed by atoms with van der Waals surface area (Å²) in [6.07, 6.45) is 4.61. The van der Waals surface area contributed by atoms with Crippen molar-refractivity contribution in [3.8, 4) is 5.75 Å². The van der Waals surface area contributed by atoms with Gasteiger partial charge in [0.25, 0.3) is 0 Å². The molecule has 6 rings (SSSR count). The topological polar surface area (TPSA) is 28.6 Å². The van der Waals surface area contributed by atoms with Crippen LogP contribution in [0.5, 0.6) is 5.75 Å². The molecule has 4 aliphatic heterocycles. The van der Waals surface area contributed by atoms with Crippen molar-refractivity contribution in [2.24, 2.45) is 5.92 Å². The number of hydrogen-bond donors (Lipinski definition) is 0. The third-order valence-electron chi connectivity index (χ3n) is 6.72. The molecule has 4 heteroatoms. The van der Waals surface area contributed by atoms with Crippen LogP contribution in [0.2, 0.25) is 0 Å². The van der Waals surface area contributed by atoms with Gasteiger partial charge in [-0.1, -0.05) is 24.3 Å². The fourth-order valence-electron chi connectivity index (χ4n) is 5.67. The number of benzene rings is 1. The fourth-order valence-corrected chi connectivity index (χ4v) is 5.67. The highest BCUT2D eigenvalue weighted by Crippen LogP contribution is 2.48. The van der Waals surface area contributed by atoms with Crippen LogP contribution in [0.25, 0.3) is 0 Å². The Labute approximate surface area is 155 Å². The predicted octanol–water partition coefficient (Wildman–Crippen LogP) is 3.15. The highest BCUT2D eigenvalue weighted by Gasteiger charge is 2.53. The fraction of sp³-hybridized carbons (Fsp3) is 0.500. The van der Waals surface area contributed by atoms with Crippen LogP contribution in [-0.2, 0) is 6.54 Å². The summed E-state index contributed by atoms with van der Waals surface area (Å²) < 4.78 is 5.72. The second-order valence-electron chi connectivity index (χ2n) is 7.95. The van der Waals surface area contributed by atoms with Gasteiger partial charge in [-0.25, -0.2) is 0 Å². The van der Waals surface area contributed by atoms with Crippen molar-refractivity contribution in [2.75, 3.05) is 26.7 Å². The highest BCUT2D eigenvalue weighted by atomic mass is 16.5. The molecular weight excluding hydrogens is 322 g/mol. The van der Waals surface area contributed by atoms with Crippen LogP contribution < -0.4 is 4.74 Å². The molecule has 4 fully saturated rings. The maximum Gasteiger partial charge on any atom is 0.122 e. The molecule has 0 radical (unpaired) electrons. The largest absolute Gasteiger partial charge is 0.496 e. The Morgan fingerprint density at radius 3 is 2.62 bits per heavy atom. The number of piperidine rings is 3. The number of aromatic nitrogens is 1. The van der Waals surface area contributed by atoms with E-state index in [9.17, 15) is 0 Å². The first-order valence-electron chi connectivity index (χ1n) is 9.86. The second kappa shape index (κ2) is 6.67. The second-order valence-corrected chi connectivity index (χ2v) is 7.95. The molecule has 5 heterocycles. The molecular formula is C22H27N3O. The number of para-hydroxylation sites is 1. The normalized spacial score (nSPS) is 33.2. The lowest BCUT2D eigenvalue weighted by Crippen LogP contribution is -2.60. The monoisotopic (exact) mass is 349 g/mol. The van der Waals surface area contributed by atoms with Gasteiger partial charge in [0.1, 0.15) is 5.75 Å². The summed E-state index contributed by atoms with van der Waals surface area (Å²) in [4.78, 5) is 10.1. The molecule has 1 aromatic carbocycles. The van der Waals surface area contributed by atoms with Gasteiger partial charge in [-0.05, 0) is 50.0 Å². The Morgan fingerprint density at radius 1 is 1.04 bits per heavy atom. The summed E-state index contributed by atoms with van der Waals surface area (Å²) >= 11 is 0. The SMILES string of the molecule is COc1ccccc1[C@@H]1CN(Cc2ccccn2)[C@H]2C3CCN(CC3)[C@@H]12. The van der Waals surface area contributed by atoms with Crippen LogP contribution in [0, 0.1) is 5.92 Å². The van der Waals surface area contributed by atoms with E-state index in [0.717, 1.165) is 24.8 Å². The van der Waals surface area contributed by atoms with E-state index in [-0.39, 0.29) is 0 Å². The third kappa shape index (κ3) is 2.63. The molecule has 3 atom stereocenters. The van der Waals surface area contributed by atoms with E-state index in [1.165, 1.54) is 37.2 Å². The van der Waals surface area contributed by atoms with Gasteiger partial charge in [0.05, 0.1) is 12.8 Å². The molecule has 0 aliphatic carbocycles. The lowest BCUT2D eigenvalue weighted by molar-refractivity contribution is -0.00907. The van der Waals surface area contributed by atoms with E-state index in [1.54, 1.807) is 7.11 Å². The number of ether oxygens (including phenoxy) is 1. The predicted molar refractivity (Wildman–Crippen MR) is 102 cm³/mol. The van der Waals surface area contributed by atoms with Crippen molar-refractivity contribution in [1.82, 2.24) is 14.8 Å². The molecule has 4 aliphatic rings. The van der Waals surface area contributed by atoms with Gasteiger partial charge >= 0.3 is 0 Å². The number of rotatable bonds is 4. The average molecular weight is 349 g/mol. The van der Waals surface area contributed by atoms with E-state index in [2.05, 4.69) is 51.2 Å². The molecule has 0 amide bonds. The lowest BCUT2D eigenvalue weighted by atomic mass is 9.75. The van der Waals surface area contributed by atoms with E-state index in [4.69, 9.17) is 4.74 Å². The van der Waals surface area contributed by atoms with Gasteiger partial charge < -0.3 is 4.74 Å². The van der Waals surface area contributed by atoms with Gasteiger partial charge in [-0.15, -0.1) is 0 Å². The first-order valence-corrected chi connectivity index (χ1v) is 9.86. The summed E-state index contributed by atoms with van der Waals surface area (Å²) in [5.41, 5.74) is 2.56. The van der Waals surface area contributed by atoms with Crippen LogP contribution in [0.15, 0.2) is 48.7 Å². The molecule has 0 spiro atoms. The first-order chi connectivity index (χ1) is 12.8. The van der Waals surface area contributed by atoms with Gasteiger partial charge in [0.2, 0.25) is 0 Å². The van der Waals surface area contributed by atoms with E-state index in [1.807, 2.05) is 12.3 Å². The van der Waals surface area contributed by atoms with Crippen molar-refractivity contribution >= 4 is 0 Å². The smallest absolute Gasteiger partial charge is 0.122 e. The molecule has 2 bridgehead atoms. The number of fused-ring (bicyclic) bond motifs is 2. The third-order valence-corrected chi connectivity index (χ3v) is 6.72. The molecule has 1 aromatic heterocycles. The van der Waals surface area contributed by atoms with Gasteiger partial charge in [0, 0.05) is 42.9 Å². The molecule has 0 unspecified atom stereocenters. The zero-order chi connectivity index (χ0) is 17.5. The zero-order valence-corrected chi connectivity index (χ0v) is 15.4. The van der Waals surface area contributed by atoms with E-state index >= 15 is 0 Å². The Balaban J connectivity index is 1.50. The Morgan fingerprint density at radius 2 is 1.85 bits per heavy atom. The number of pyridine rings is 1. The Kier molecular flexibility index (Phi) is 4.18. The quantitative estimate of drug-likeness (QED) is 0.848. The van der Waals surface area contributed by atoms with Crippen molar-refractivity contribution in [3.05, 3.63) is 59.9 Å². The molecule has 4 saturated heterocycles. The first kappa shape index (κ1) is 16.3. The van der Waals surface area contributed by atoms with Gasteiger partial charge in [-0.2, -0.15) is 0 Å². The van der Waals surface area contributed by atoms with Crippen molar-refractivity contribution in [1.29, 1.82) is 0 Å². The molecule has 0 saturated carbocycles. The van der Waals surface area contributed by atoms with E-state index in [0.29, 0.717) is 18.0 Å². The number of nitrogens with zero attached hydrogens (tertiary/aromatic N) is 3. The van der Waals surface area contributed by atoms with Crippen molar-refractivity contribution < 1.29 is 4.74 Å². The maximum atomic E-state index is 5.72. The zero-order valence-electron chi connectivity index (χ0n) is 15.4. The highest BCUT2D eigenvalue weighted by molar-refractivity contribution is 5.39. The Bertz CT molecular complexity index is 757. The minimum atomic E-state index is 0.517. The van der Waals surface area contributed by atoms with Crippen LogP contribution in [-0.4, -0.2) is 53.6 Å². The van der Waals surface area contributed by atoms with Crippen LogP contribution >= 0.6 is 0 Å². The summed E-state index contributed by atoms with van der Waals surface area (Å²) in [5, 5.41) is 0. The van der Waals surface area contributed by atoms with Gasteiger partial charge in [-0.3, -0.25) is 14.8 Å². The van der Waals surface area contributed by atoms with Crippen LogP contribution in [0.1, 0.15) is 30.0 Å². The van der Waals surface area contributed by atoms with Gasteiger partial charge in [0.15, 0.2) is 0 Å². The van der Waals surface area contributed by atoms with Crippen LogP contribution in [0.3, 0.4) is 0 Å². The molecule has 0 N–H and O–H groups in total. The maximum absolute atomic E-state index is 5.72. The number of hydrogen-bond acceptors (Lipinski definition) is 4. The summed E-state index contributed by atoms with van der Waals surface area (Å²) in [5.74, 6) is 2.38. The minimum absolute atomic E-state index is 0.517. The number of methoxy groups -OCH3 is 1. The standard InChI is InChI=1S/C22H27N3O/c1-26-20-8-3-2-7-18(20)19-15-25(14-17-6-4-5-11-23-17)21-16-9-12-24(13-10-16)22(19)21/h2-8,11,16,19,21-22H,9-10,12-15H2,1H3/t19-,21-,22-/m0/s1. The summed E-state index contributed by atoms with van der Waals surface area (Å²) in [6, 6.07) is 16.1. The average Bonchev–Trinajstić information content (AvgIpc) is 3.11. The lowest BCUT2D eigenvalue weighted by Gasteiger charge is -2.51. The summed E-state index contributed by atoms with van der Waals surface area (Å²) in [6.45, 7) is 4.57. The van der Waals surface area contributed by atoms with Crippen LogP contribution in [0.4, 0.5) is 0 Å². The molecule has 4 nitrogen and oxygen atoms in total. The number of likely N-dealkylation sites (tertiary alicyclic amines) is 1. The Hall–Kier alpha value is -1.91. The molecule has 2 aromatic rings. The molecule has 26 heavy (non-hydrogen) atoms. The summed E-state index contributed by atoms with van der Waals surface area (Å²) in [7, 11) is 1.80. The van der Waals surface area contributed by atoms with E-state index < -0.39 is 0 Å². The molecule has 136 valence electrons.